The van der Waals surface area contributed by atoms with E-state index in [0.717, 1.165) is 47.7 Å². The summed E-state index contributed by atoms with van der Waals surface area (Å²) in [6.45, 7) is 1.13. The van der Waals surface area contributed by atoms with Crippen molar-refractivity contribution in [1.29, 1.82) is 0 Å². The van der Waals surface area contributed by atoms with Crippen molar-refractivity contribution < 1.29 is 4.79 Å². The number of aromatic nitrogens is 2. The number of para-hydroxylation sites is 3. The van der Waals surface area contributed by atoms with Gasteiger partial charge in [-0.05, 0) is 42.9 Å². The first-order valence-corrected chi connectivity index (χ1v) is 9.98. The third kappa shape index (κ3) is 3.04. The second kappa shape index (κ2) is 6.92. The van der Waals surface area contributed by atoms with Crippen molar-refractivity contribution in [1.82, 2.24) is 9.55 Å². The fourth-order valence-electron chi connectivity index (χ4n) is 3.55. The molecule has 4 nitrogen and oxygen atoms in total. The highest BCUT2D eigenvalue weighted by Crippen LogP contribution is 2.27. The van der Waals surface area contributed by atoms with Gasteiger partial charge in [0.2, 0.25) is 5.91 Å². The van der Waals surface area contributed by atoms with Gasteiger partial charge in [-0.2, -0.15) is 11.8 Å². The monoisotopic (exact) mass is 351 g/mol. The second-order valence-corrected chi connectivity index (χ2v) is 7.18. The highest BCUT2D eigenvalue weighted by atomic mass is 32.2. The summed E-state index contributed by atoms with van der Waals surface area (Å²) >= 11 is 1.73. The summed E-state index contributed by atoms with van der Waals surface area (Å²) in [5.41, 5.74) is 4.32. The fraction of sp³-hybridized carbons (Fsp3) is 0.300. The third-order valence-corrected chi connectivity index (χ3v) is 5.26. The second-order valence-electron chi connectivity index (χ2n) is 6.31. The van der Waals surface area contributed by atoms with E-state index in [1.165, 1.54) is 5.56 Å². The normalized spacial score (nSPS) is 13.9. The maximum Gasteiger partial charge on any atom is 0.246 e. The number of thioether (sulfide) groups is 1. The Kier molecular flexibility index (Phi) is 4.49. The van der Waals surface area contributed by atoms with Crippen LogP contribution in [0.1, 0.15) is 17.8 Å². The lowest BCUT2D eigenvalue weighted by Crippen LogP contribution is -2.38. The molecule has 0 unspecified atom stereocenters. The molecule has 0 bridgehead atoms. The van der Waals surface area contributed by atoms with Crippen molar-refractivity contribution in [3.63, 3.8) is 0 Å². The lowest BCUT2D eigenvalue weighted by molar-refractivity contribution is -0.119. The van der Waals surface area contributed by atoms with Crippen molar-refractivity contribution >= 4 is 34.4 Å². The summed E-state index contributed by atoms with van der Waals surface area (Å²) in [5.74, 6) is 1.91. The molecule has 0 radical (unpaired) electrons. The van der Waals surface area contributed by atoms with Gasteiger partial charge in [-0.25, -0.2) is 4.98 Å². The topological polar surface area (TPSA) is 38.1 Å². The van der Waals surface area contributed by atoms with E-state index in [2.05, 4.69) is 23.0 Å². The van der Waals surface area contributed by atoms with Crippen LogP contribution in [0.4, 0.5) is 5.69 Å². The number of anilines is 1. The largest absolute Gasteiger partial charge is 0.318 e. The molecule has 1 aromatic heterocycles. The summed E-state index contributed by atoms with van der Waals surface area (Å²) in [5, 5.41) is 0. The van der Waals surface area contributed by atoms with Crippen LogP contribution in [0.25, 0.3) is 11.0 Å². The van der Waals surface area contributed by atoms with Crippen molar-refractivity contribution in [2.75, 3.05) is 17.7 Å². The molecule has 128 valence electrons. The van der Waals surface area contributed by atoms with Gasteiger partial charge in [-0.1, -0.05) is 30.3 Å². The van der Waals surface area contributed by atoms with Crippen LogP contribution < -0.4 is 4.90 Å². The van der Waals surface area contributed by atoms with Crippen LogP contribution in [0, 0.1) is 0 Å². The molecule has 0 atom stereocenters. The summed E-state index contributed by atoms with van der Waals surface area (Å²) in [4.78, 5) is 19.8. The molecule has 0 spiro atoms. The molecule has 1 amide bonds. The first-order chi connectivity index (χ1) is 12.3. The van der Waals surface area contributed by atoms with Crippen LogP contribution in [-0.2, 0) is 23.5 Å². The standard InChI is InChI=1S/C20H21N3OS/c1-25-14-19-21-16-9-3-5-11-18(16)23(19)13-20(24)22-12-6-8-15-7-2-4-10-17(15)22/h2-5,7,9-11H,6,8,12-14H2,1H3. The molecule has 25 heavy (non-hydrogen) atoms. The van der Waals surface area contributed by atoms with Crippen LogP contribution in [0.2, 0.25) is 0 Å². The zero-order valence-electron chi connectivity index (χ0n) is 14.3. The van der Waals surface area contributed by atoms with Crippen LogP contribution >= 0.6 is 11.8 Å². The SMILES string of the molecule is CSCc1nc2ccccc2n1CC(=O)N1CCCc2ccccc21. The van der Waals surface area contributed by atoms with Crippen molar-refractivity contribution in [2.24, 2.45) is 0 Å². The molecule has 4 rings (SSSR count). The summed E-state index contributed by atoms with van der Waals surface area (Å²) in [7, 11) is 0. The predicted molar refractivity (Wildman–Crippen MR) is 104 cm³/mol. The minimum Gasteiger partial charge on any atom is -0.318 e. The van der Waals surface area contributed by atoms with Gasteiger partial charge in [0, 0.05) is 12.2 Å². The van der Waals surface area contributed by atoms with Gasteiger partial charge in [0.25, 0.3) is 0 Å². The molecule has 3 aromatic rings. The molecule has 0 fully saturated rings. The Hall–Kier alpha value is -2.27. The summed E-state index contributed by atoms with van der Waals surface area (Å²) < 4.78 is 2.07. The van der Waals surface area contributed by atoms with E-state index in [0.29, 0.717) is 6.54 Å². The molecular formula is C20H21N3OS. The number of fused-ring (bicyclic) bond motifs is 2. The quantitative estimate of drug-likeness (QED) is 0.716. The number of aryl methyl sites for hydroxylation is 1. The number of benzene rings is 2. The Morgan fingerprint density at radius 2 is 1.96 bits per heavy atom. The molecule has 0 saturated heterocycles. The number of imidazole rings is 1. The smallest absolute Gasteiger partial charge is 0.246 e. The molecule has 1 aliphatic heterocycles. The van der Waals surface area contributed by atoms with E-state index in [1.807, 2.05) is 41.3 Å². The maximum atomic E-state index is 13.1. The van der Waals surface area contributed by atoms with Gasteiger partial charge < -0.3 is 9.47 Å². The Morgan fingerprint density at radius 1 is 1.16 bits per heavy atom. The van der Waals surface area contributed by atoms with Gasteiger partial charge in [0.05, 0.1) is 16.8 Å². The van der Waals surface area contributed by atoms with Crippen LogP contribution in [0.5, 0.6) is 0 Å². The highest BCUT2D eigenvalue weighted by Gasteiger charge is 2.23. The zero-order valence-corrected chi connectivity index (χ0v) is 15.1. The number of nitrogens with zero attached hydrogens (tertiary/aromatic N) is 3. The fourth-order valence-corrected chi connectivity index (χ4v) is 4.03. The minimum atomic E-state index is 0.137. The molecule has 2 aromatic carbocycles. The number of hydrogen-bond donors (Lipinski definition) is 0. The van der Waals surface area contributed by atoms with Crippen molar-refractivity contribution in [3.8, 4) is 0 Å². The average molecular weight is 351 g/mol. The number of amides is 1. The summed E-state index contributed by atoms with van der Waals surface area (Å²) in [6.07, 6.45) is 4.13. The Labute approximate surface area is 151 Å². The lowest BCUT2D eigenvalue weighted by Gasteiger charge is -2.29. The molecule has 0 aliphatic carbocycles. The molecule has 1 aliphatic rings. The number of carbonyl (C=O) groups excluding carboxylic acids is 1. The molecule has 5 heteroatoms. The van der Waals surface area contributed by atoms with E-state index in [4.69, 9.17) is 4.98 Å². The molecule has 2 heterocycles. The number of carbonyl (C=O) groups is 1. The van der Waals surface area contributed by atoms with Crippen LogP contribution in [0.15, 0.2) is 48.5 Å². The first kappa shape index (κ1) is 16.2. The minimum absolute atomic E-state index is 0.137. The molecular weight excluding hydrogens is 330 g/mol. The molecule has 0 saturated carbocycles. The maximum absolute atomic E-state index is 13.1. The van der Waals surface area contributed by atoms with Gasteiger partial charge in [0.1, 0.15) is 12.4 Å². The highest BCUT2D eigenvalue weighted by molar-refractivity contribution is 7.97. The van der Waals surface area contributed by atoms with Gasteiger partial charge in [-0.15, -0.1) is 0 Å². The number of hydrogen-bond acceptors (Lipinski definition) is 3. The van der Waals surface area contributed by atoms with Crippen LogP contribution in [-0.4, -0.2) is 28.3 Å². The van der Waals surface area contributed by atoms with E-state index < -0.39 is 0 Å². The van der Waals surface area contributed by atoms with E-state index in [-0.39, 0.29) is 5.91 Å². The van der Waals surface area contributed by atoms with E-state index in [1.54, 1.807) is 11.8 Å². The van der Waals surface area contributed by atoms with Crippen molar-refractivity contribution in [2.45, 2.75) is 25.1 Å². The van der Waals surface area contributed by atoms with Crippen molar-refractivity contribution in [3.05, 3.63) is 59.9 Å². The van der Waals surface area contributed by atoms with Gasteiger partial charge in [0.15, 0.2) is 0 Å². The van der Waals surface area contributed by atoms with Gasteiger partial charge >= 0.3 is 0 Å². The average Bonchev–Trinajstić information content (AvgIpc) is 2.99. The third-order valence-electron chi connectivity index (χ3n) is 4.71. The number of rotatable bonds is 4. The Morgan fingerprint density at radius 3 is 2.84 bits per heavy atom. The van der Waals surface area contributed by atoms with Gasteiger partial charge in [-0.3, -0.25) is 4.79 Å². The van der Waals surface area contributed by atoms with E-state index >= 15 is 0 Å². The lowest BCUT2D eigenvalue weighted by atomic mass is 10.0. The Balaban J connectivity index is 1.68. The summed E-state index contributed by atoms with van der Waals surface area (Å²) in [6, 6.07) is 16.3. The zero-order chi connectivity index (χ0) is 17.2. The van der Waals surface area contributed by atoms with E-state index in [9.17, 15) is 4.79 Å². The predicted octanol–water partition coefficient (Wildman–Crippen LogP) is 3.88. The molecule has 0 N–H and O–H groups in total. The Bertz CT molecular complexity index is 918. The first-order valence-electron chi connectivity index (χ1n) is 8.59. The van der Waals surface area contributed by atoms with Crippen LogP contribution in [0.3, 0.4) is 0 Å².